The van der Waals surface area contributed by atoms with Crippen molar-refractivity contribution in [3.05, 3.63) is 51.3 Å². The molecule has 0 aliphatic carbocycles. The van der Waals surface area contributed by atoms with E-state index in [0.717, 1.165) is 22.2 Å². The van der Waals surface area contributed by atoms with Crippen molar-refractivity contribution in [1.29, 1.82) is 0 Å². The van der Waals surface area contributed by atoms with Crippen LogP contribution in [-0.2, 0) is 6.54 Å². The lowest BCUT2D eigenvalue weighted by Crippen LogP contribution is -2.23. The minimum Gasteiger partial charge on any atom is -0.454 e. The summed E-state index contributed by atoms with van der Waals surface area (Å²) in [6.07, 6.45) is 0. The zero-order chi connectivity index (χ0) is 17.3. The number of Topliss-reactive ketones (excluding diaryl/α,β-unsaturated/α-hetero) is 1. The van der Waals surface area contributed by atoms with Crippen molar-refractivity contribution in [2.45, 2.75) is 20.4 Å². The fourth-order valence-electron chi connectivity index (χ4n) is 3.59. The topological polar surface area (TPSA) is 70.4 Å². The highest BCUT2D eigenvalue weighted by molar-refractivity contribution is 5.97. The van der Waals surface area contributed by atoms with E-state index < -0.39 is 0 Å². The minimum atomic E-state index is -0.140. The fourth-order valence-corrected chi connectivity index (χ4v) is 3.59. The molecule has 0 radical (unpaired) electrons. The third kappa shape index (κ3) is 1.88. The van der Waals surface area contributed by atoms with Crippen molar-refractivity contribution in [1.82, 2.24) is 9.55 Å². The van der Waals surface area contributed by atoms with E-state index in [4.69, 9.17) is 14.5 Å². The SMILES string of the molecule is CC(=O)c1cc2n(c(=O)c1C)Cc1cc3cc4c(cc3nc1-2)OCO4. The second kappa shape index (κ2) is 4.69. The predicted octanol–water partition coefficient (Wildman–Crippen LogP) is 2.66. The lowest BCUT2D eigenvalue weighted by atomic mass is 10.0. The number of rotatable bonds is 1. The molecule has 124 valence electrons. The summed E-state index contributed by atoms with van der Waals surface area (Å²) in [4.78, 5) is 29.3. The number of fused-ring (bicyclic) bond motifs is 5. The van der Waals surface area contributed by atoms with Crippen molar-refractivity contribution in [3.63, 3.8) is 0 Å². The Labute approximate surface area is 142 Å². The van der Waals surface area contributed by atoms with Gasteiger partial charge in [-0.25, -0.2) is 4.98 Å². The molecule has 5 rings (SSSR count). The van der Waals surface area contributed by atoms with Gasteiger partial charge >= 0.3 is 0 Å². The molecule has 6 nitrogen and oxygen atoms in total. The van der Waals surface area contributed by atoms with E-state index in [1.807, 2.05) is 18.2 Å². The summed E-state index contributed by atoms with van der Waals surface area (Å²) in [5.41, 5.74) is 3.96. The number of nitrogens with zero attached hydrogens (tertiary/aromatic N) is 2. The molecule has 6 heteroatoms. The summed E-state index contributed by atoms with van der Waals surface area (Å²) in [6, 6.07) is 7.55. The third-order valence-electron chi connectivity index (χ3n) is 4.88. The smallest absolute Gasteiger partial charge is 0.255 e. The molecule has 25 heavy (non-hydrogen) atoms. The molecule has 1 aromatic carbocycles. The Hall–Kier alpha value is -3.15. The molecule has 0 N–H and O–H groups in total. The van der Waals surface area contributed by atoms with E-state index in [0.29, 0.717) is 34.9 Å². The summed E-state index contributed by atoms with van der Waals surface area (Å²) < 4.78 is 12.5. The third-order valence-corrected chi connectivity index (χ3v) is 4.88. The van der Waals surface area contributed by atoms with Crippen LogP contribution in [0.25, 0.3) is 22.3 Å². The molecular weight excluding hydrogens is 320 g/mol. The number of hydrogen-bond acceptors (Lipinski definition) is 5. The average molecular weight is 334 g/mol. The number of ketones is 1. The first kappa shape index (κ1) is 14.2. The van der Waals surface area contributed by atoms with E-state index in [2.05, 4.69) is 0 Å². The Morgan fingerprint density at radius 1 is 1.16 bits per heavy atom. The molecular formula is C19H14N2O4. The van der Waals surface area contributed by atoms with Crippen molar-refractivity contribution in [3.8, 4) is 22.9 Å². The maximum atomic E-state index is 12.7. The number of carbonyl (C=O) groups excluding carboxylic acids is 1. The Kier molecular flexibility index (Phi) is 2.67. The van der Waals surface area contributed by atoms with Crippen LogP contribution in [0.4, 0.5) is 0 Å². The van der Waals surface area contributed by atoms with Crippen LogP contribution in [0.3, 0.4) is 0 Å². The van der Waals surface area contributed by atoms with Crippen LogP contribution in [0.2, 0.25) is 0 Å². The summed E-state index contributed by atoms with van der Waals surface area (Å²) in [5.74, 6) is 1.26. The van der Waals surface area contributed by atoms with Gasteiger partial charge < -0.3 is 14.0 Å². The quantitative estimate of drug-likeness (QED) is 0.501. The Morgan fingerprint density at radius 2 is 1.92 bits per heavy atom. The van der Waals surface area contributed by atoms with Gasteiger partial charge in [0.15, 0.2) is 17.3 Å². The van der Waals surface area contributed by atoms with Gasteiger partial charge in [-0.15, -0.1) is 0 Å². The summed E-state index contributed by atoms with van der Waals surface area (Å²) in [6.45, 7) is 3.84. The van der Waals surface area contributed by atoms with Crippen molar-refractivity contribution in [2.75, 3.05) is 6.79 Å². The van der Waals surface area contributed by atoms with Gasteiger partial charge in [0.25, 0.3) is 5.56 Å². The molecule has 3 aromatic rings. The van der Waals surface area contributed by atoms with Crippen LogP contribution in [0.5, 0.6) is 11.5 Å². The van der Waals surface area contributed by atoms with Crippen LogP contribution < -0.4 is 15.0 Å². The Balaban J connectivity index is 1.79. The normalized spacial score (nSPS) is 13.8. The second-order valence-electron chi connectivity index (χ2n) is 6.41. The summed E-state index contributed by atoms with van der Waals surface area (Å²) >= 11 is 0. The average Bonchev–Trinajstić information content (AvgIpc) is 3.17. The molecule has 0 unspecified atom stereocenters. The van der Waals surface area contributed by atoms with Gasteiger partial charge in [-0.2, -0.15) is 0 Å². The van der Waals surface area contributed by atoms with Crippen LogP contribution >= 0.6 is 0 Å². The molecule has 2 aromatic heterocycles. The molecule has 4 heterocycles. The molecule has 0 atom stereocenters. The van der Waals surface area contributed by atoms with Gasteiger partial charge in [-0.3, -0.25) is 9.59 Å². The van der Waals surface area contributed by atoms with E-state index in [-0.39, 0.29) is 18.1 Å². The number of carbonyl (C=O) groups is 1. The highest BCUT2D eigenvalue weighted by Gasteiger charge is 2.25. The van der Waals surface area contributed by atoms with Gasteiger partial charge in [0.05, 0.1) is 23.4 Å². The molecule has 2 aliphatic heterocycles. The molecule has 0 bridgehead atoms. The minimum absolute atomic E-state index is 0.115. The molecule has 0 amide bonds. The van der Waals surface area contributed by atoms with Crippen LogP contribution in [0.1, 0.15) is 28.4 Å². The summed E-state index contributed by atoms with van der Waals surface area (Å²) in [5, 5.41) is 0.937. The number of aromatic nitrogens is 2. The second-order valence-corrected chi connectivity index (χ2v) is 6.41. The lowest BCUT2D eigenvalue weighted by molar-refractivity contribution is 0.101. The maximum Gasteiger partial charge on any atom is 0.255 e. The van der Waals surface area contributed by atoms with Crippen molar-refractivity contribution < 1.29 is 14.3 Å². The molecule has 2 aliphatic rings. The highest BCUT2D eigenvalue weighted by atomic mass is 16.7. The van der Waals surface area contributed by atoms with Crippen LogP contribution in [0.15, 0.2) is 29.1 Å². The zero-order valence-corrected chi connectivity index (χ0v) is 13.8. The first-order valence-corrected chi connectivity index (χ1v) is 8.02. The summed E-state index contributed by atoms with van der Waals surface area (Å²) in [7, 11) is 0. The number of pyridine rings is 2. The van der Waals surface area contributed by atoms with Crippen molar-refractivity contribution >= 4 is 16.7 Å². The first-order chi connectivity index (χ1) is 12.0. The molecule has 0 saturated carbocycles. The van der Waals surface area contributed by atoms with Crippen LogP contribution in [-0.4, -0.2) is 22.1 Å². The van der Waals surface area contributed by atoms with E-state index >= 15 is 0 Å². The van der Waals surface area contributed by atoms with Gasteiger partial charge in [0.2, 0.25) is 6.79 Å². The van der Waals surface area contributed by atoms with E-state index in [1.54, 1.807) is 17.6 Å². The zero-order valence-electron chi connectivity index (χ0n) is 13.8. The molecule has 0 spiro atoms. The van der Waals surface area contributed by atoms with Gasteiger partial charge in [0.1, 0.15) is 0 Å². The van der Waals surface area contributed by atoms with Crippen LogP contribution in [0, 0.1) is 6.92 Å². The number of hydrogen-bond donors (Lipinski definition) is 0. The highest BCUT2D eigenvalue weighted by Crippen LogP contribution is 2.38. The van der Waals surface area contributed by atoms with E-state index in [1.165, 1.54) is 6.92 Å². The Bertz CT molecular complexity index is 1160. The Morgan fingerprint density at radius 3 is 2.68 bits per heavy atom. The van der Waals surface area contributed by atoms with E-state index in [9.17, 15) is 9.59 Å². The van der Waals surface area contributed by atoms with Gasteiger partial charge in [-0.05, 0) is 32.0 Å². The molecule has 0 fully saturated rings. The number of ether oxygens (including phenoxy) is 2. The standard InChI is InChI=1S/C19H14N2O4/c1-9-13(10(2)22)5-15-18-12(7-21(15)19(9)23)3-11-4-16-17(25-8-24-16)6-14(11)20-18/h3-6H,7-8H2,1-2H3. The van der Waals surface area contributed by atoms with Gasteiger partial charge in [-0.1, -0.05) is 0 Å². The lowest BCUT2D eigenvalue weighted by Gasteiger charge is -2.08. The first-order valence-electron chi connectivity index (χ1n) is 8.02. The van der Waals surface area contributed by atoms with Crippen molar-refractivity contribution in [2.24, 2.45) is 0 Å². The largest absolute Gasteiger partial charge is 0.454 e. The maximum absolute atomic E-state index is 12.7. The monoisotopic (exact) mass is 334 g/mol. The number of benzene rings is 1. The fraction of sp³-hybridized carbons (Fsp3) is 0.211. The predicted molar refractivity (Wildman–Crippen MR) is 91.4 cm³/mol. The molecule has 0 saturated heterocycles. The van der Waals surface area contributed by atoms with Gasteiger partial charge in [0, 0.05) is 28.1 Å².